The molecule has 0 aromatic heterocycles. The van der Waals surface area contributed by atoms with E-state index in [1.54, 1.807) is 21.3 Å². The summed E-state index contributed by atoms with van der Waals surface area (Å²) in [5.74, 6) is 1.93. The van der Waals surface area contributed by atoms with Gasteiger partial charge in [-0.1, -0.05) is 18.2 Å². The van der Waals surface area contributed by atoms with Crippen LogP contribution in [0.1, 0.15) is 30.1 Å². The first-order valence-corrected chi connectivity index (χ1v) is 8.49. The van der Waals surface area contributed by atoms with E-state index >= 15 is 0 Å². The second-order valence-electron chi connectivity index (χ2n) is 6.13. The topological polar surface area (TPSA) is 51.2 Å². The quantitative estimate of drug-likeness (QED) is 0.900. The van der Waals surface area contributed by atoms with E-state index in [4.69, 9.17) is 14.2 Å². The van der Waals surface area contributed by atoms with Crippen LogP contribution in [0.4, 0.5) is 5.69 Å². The summed E-state index contributed by atoms with van der Waals surface area (Å²) in [5.41, 5.74) is 3.08. The van der Waals surface area contributed by atoms with Gasteiger partial charge in [-0.05, 0) is 31.0 Å². The van der Waals surface area contributed by atoms with E-state index in [1.165, 1.54) is 0 Å². The molecular weight excluding hydrogens is 318 g/mol. The van der Waals surface area contributed by atoms with Crippen LogP contribution >= 0.6 is 0 Å². The number of fused-ring (bicyclic) bond motifs is 1. The Hall–Kier alpha value is -2.40. The molecule has 3 rings (SSSR count). The number of aliphatic hydroxyl groups is 1. The van der Waals surface area contributed by atoms with Crippen LogP contribution in [0.25, 0.3) is 0 Å². The van der Waals surface area contributed by atoms with Crippen LogP contribution in [0, 0.1) is 0 Å². The summed E-state index contributed by atoms with van der Waals surface area (Å²) >= 11 is 0. The number of anilines is 1. The minimum absolute atomic E-state index is 0.409. The molecule has 1 N–H and O–H groups in total. The number of benzene rings is 2. The molecule has 1 aliphatic heterocycles. The Morgan fingerprint density at radius 2 is 1.76 bits per heavy atom. The summed E-state index contributed by atoms with van der Waals surface area (Å²) in [6.07, 6.45) is 1.30. The smallest absolute Gasteiger partial charge is 0.203 e. The Balaban J connectivity index is 1.98. The third kappa shape index (κ3) is 3.37. The van der Waals surface area contributed by atoms with Crippen LogP contribution in [0.2, 0.25) is 0 Å². The molecular formula is C20H25NO4. The number of para-hydroxylation sites is 1. The van der Waals surface area contributed by atoms with Crippen LogP contribution in [0.3, 0.4) is 0 Å². The number of hydrogen-bond donors (Lipinski definition) is 1. The lowest BCUT2D eigenvalue weighted by atomic mass is 10.0. The van der Waals surface area contributed by atoms with Crippen LogP contribution in [0.15, 0.2) is 36.4 Å². The van der Waals surface area contributed by atoms with Gasteiger partial charge in [-0.3, -0.25) is 0 Å². The molecule has 0 bridgehead atoms. The van der Waals surface area contributed by atoms with E-state index in [-0.39, 0.29) is 0 Å². The van der Waals surface area contributed by atoms with Crippen molar-refractivity contribution in [3.05, 3.63) is 47.5 Å². The van der Waals surface area contributed by atoms with E-state index in [0.29, 0.717) is 23.8 Å². The van der Waals surface area contributed by atoms with Gasteiger partial charge in [0.25, 0.3) is 0 Å². The molecule has 0 saturated heterocycles. The van der Waals surface area contributed by atoms with Crippen molar-refractivity contribution in [2.24, 2.45) is 0 Å². The molecule has 0 unspecified atom stereocenters. The Bertz CT molecular complexity index is 732. The number of hydrogen-bond acceptors (Lipinski definition) is 5. The van der Waals surface area contributed by atoms with Crippen LogP contribution in [0.5, 0.6) is 17.2 Å². The van der Waals surface area contributed by atoms with E-state index < -0.39 is 6.10 Å². The van der Waals surface area contributed by atoms with Gasteiger partial charge in [0.2, 0.25) is 5.75 Å². The van der Waals surface area contributed by atoms with Gasteiger partial charge in [-0.25, -0.2) is 0 Å². The summed E-state index contributed by atoms with van der Waals surface area (Å²) < 4.78 is 16.5. The fraction of sp³-hybridized carbons (Fsp3) is 0.400. The van der Waals surface area contributed by atoms with Crippen molar-refractivity contribution in [3.8, 4) is 17.2 Å². The van der Waals surface area contributed by atoms with Crippen LogP contribution in [-0.4, -0.2) is 33.0 Å². The zero-order valence-electron chi connectivity index (χ0n) is 15.0. The van der Waals surface area contributed by atoms with Gasteiger partial charge in [-0.15, -0.1) is 0 Å². The summed E-state index contributed by atoms with van der Waals surface area (Å²) in [6.45, 7) is 1.55. The highest BCUT2D eigenvalue weighted by Crippen LogP contribution is 2.41. The number of rotatable bonds is 5. The second kappa shape index (κ2) is 7.66. The van der Waals surface area contributed by atoms with Gasteiger partial charge < -0.3 is 24.2 Å². The molecule has 0 radical (unpaired) electrons. The molecule has 5 heteroatoms. The summed E-state index contributed by atoms with van der Waals surface area (Å²) in [6, 6.07) is 12.0. The maximum absolute atomic E-state index is 10.4. The molecule has 25 heavy (non-hydrogen) atoms. The van der Waals surface area contributed by atoms with Crippen molar-refractivity contribution < 1.29 is 19.3 Å². The third-order valence-corrected chi connectivity index (χ3v) is 4.69. The predicted molar refractivity (Wildman–Crippen MR) is 97.8 cm³/mol. The number of ether oxygens (including phenoxy) is 3. The van der Waals surface area contributed by atoms with Crippen LogP contribution < -0.4 is 19.1 Å². The minimum atomic E-state index is -0.409. The minimum Gasteiger partial charge on any atom is -0.493 e. The molecule has 0 saturated carbocycles. The van der Waals surface area contributed by atoms with E-state index in [2.05, 4.69) is 11.0 Å². The van der Waals surface area contributed by atoms with Crippen molar-refractivity contribution in [1.82, 2.24) is 0 Å². The fourth-order valence-corrected chi connectivity index (χ4v) is 3.47. The molecule has 5 nitrogen and oxygen atoms in total. The van der Waals surface area contributed by atoms with E-state index in [0.717, 1.165) is 36.2 Å². The van der Waals surface area contributed by atoms with E-state index in [9.17, 15) is 5.11 Å². The molecule has 1 atom stereocenters. The first-order chi connectivity index (χ1) is 12.2. The maximum Gasteiger partial charge on any atom is 0.203 e. The first-order valence-electron chi connectivity index (χ1n) is 8.49. The molecule has 0 aliphatic carbocycles. The Morgan fingerprint density at radius 3 is 2.48 bits per heavy atom. The first kappa shape index (κ1) is 17.4. The van der Waals surface area contributed by atoms with Crippen molar-refractivity contribution in [3.63, 3.8) is 0 Å². The lowest BCUT2D eigenvalue weighted by Gasteiger charge is -2.26. The highest BCUT2D eigenvalue weighted by molar-refractivity contribution is 5.59. The van der Waals surface area contributed by atoms with Gasteiger partial charge in [-0.2, -0.15) is 0 Å². The Labute approximate surface area is 148 Å². The molecule has 2 aromatic carbocycles. The molecule has 0 fully saturated rings. The predicted octanol–water partition coefficient (Wildman–Crippen LogP) is 3.55. The van der Waals surface area contributed by atoms with Gasteiger partial charge in [0.1, 0.15) is 0 Å². The molecule has 2 aromatic rings. The van der Waals surface area contributed by atoms with Gasteiger partial charge >= 0.3 is 0 Å². The molecule has 1 aliphatic rings. The monoisotopic (exact) mass is 343 g/mol. The average molecular weight is 343 g/mol. The average Bonchev–Trinajstić information content (AvgIpc) is 2.81. The third-order valence-electron chi connectivity index (χ3n) is 4.69. The summed E-state index contributed by atoms with van der Waals surface area (Å²) in [4.78, 5) is 2.29. The van der Waals surface area contributed by atoms with Crippen molar-refractivity contribution >= 4 is 5.69 Å². The zero-order valence-corrected chi connectivity index (χ0v) is 15.0. The lowest BCUT2D eigenvalue weighted by Crippen LogP contribution is -2.24. The van der Waals surface area contributed by atoms with Gasteiger partial charge in [0.15, 0.2) is 11.5 Å². The van der Waals surface area contributed by atoms with Crippen molar-refractivity contribution in [1.29, 1.82) is 0 Å². The normalized spacial score (nSPS) is 16.8. The zero-order chi connectivity index (χ0) is 17.8. The molecule has 134 valence electrons. The second-order valence-corrected chi connectivity index (χ2v) is 6.13. The van der Waals surface area contributed by atoms with E-state index in [1.807, 2.05) is 30.3 Å². The largest absolute Gasteiger partial charge is 0.493 e. The molecule has 1 heterocycles. The maximum atomic E-state index is 10.4. The summed E-state index contributed by atoms with van der Waals surface area (Å²) in [5, 5.41) is 10.4. The summed E-state index contributed by atoms with van der Waals surface area (Å²) in [7, 11) is 4.87. The number of methoxy groups -OCH3 is 3. The Morgan fingerprint density at radius 1 is 1.00 bits per heavy atom. The lowest BCUT2D eigenvalue weighted by molar-refractivity contribution is 0.168. The molecule has 0 spiro atoms. The number of nitrogens with zero attached hydrogens (tertiary/aromatic N) is 1. The fourth-order valence-electron chi connectivity index (χ4n) is 3.47. The Kier molecular flexibility index (Phi) is 5.34. The van der Waals surface area contributed by atoms with Crippen molar-refractivity contribution in [2.45, 2.75) is 25.5 Å². The van der Waals surface area contributed by atoms with Crippen LogP contribution in [-0.2, 0) is 6.54 Å². The van der Waals surface area contributed by atoms with Crippen molar-refractivity contribution in [2.75, 3.05) is 32.8 Å². The number of aliphatic hydroxyl groups excluding tert-OH is 1. The highest BCUT2D eigenvalue weighted by atomic mass is 16.5. The highest BCUT2D eigenvalue weighted by Gasteiger charge is 2.23. The standard InChI is InChI=1S/C20H25NO4/c1-23-18-11-10-14(19(24-2)20(18)25-3)13-21-12-6-9-17(22)15-7-4-5-8-16(15)21/h4-5,7-8,10-11,17,22H,6,9,12-13H2,1-3H3/t17-/m1/s1. The SMILES string of the molecule is COc1ccc(CN2CCC[C@@H](O)c3ccccc32)c(OC)c1OC. The van der Waals surface area contributed by atoms with Gasteiger partial charge in [0, 0.05) is 29.9 Å². The van der Waals surface area contributed by atoms with Gasteiger partial charge in [0.05, 0.1) is 27.4 Å². The molecule has 0 amide bonds.